The van der Waals surface area contributed by atoms with Crippen LogP contribution in [-0.2, 0) is 0 Å². The Morgan fingerprint density at radius 1 is 1.53 bits per heavy atom. The Bertz CT molecular complexity index is 498. The van der Waals surface area contributed by atoms with Crippen molar-refractivity contribution < 1.29 is 13.7 Å². The SMILES string of the molecule is C#CCC(CC)Nc1ccc([N+](=O)[O-])cc1C(F)F. The summed E-state index contributed by atoms with van der Waals surface area (Å²) >= 11 is 0. The number of nitro benzene ring substituents is 1. The van der Waals surface area contributed by atoms with Crippen molar-refractivity contribution >= 4 is 11.4 Å². The minimum atomic E-state index is -2.79. The zero-order valence-electron chi connectivity index (χ0n) is 10.4. The molecule has 1 aromatic carbocycles. The first kappa shape index (κ1) is 14.9. The molecule has 0 aromatic heterocycles. The van der Waals surface area contributed by atoms with E-state index in [1.807, 2.05) is 6.92 Å². The molecule has 0 bridgehead atoms. The van der Waals surface area contributed by atoms with Crippen molar-refractivity contribution in [2.75, 3.05) is 5.32 Å². The number of alkyl halides is 2. The third kappa shape index (κ3) is 3.91. The lowest BCUT2D eigenvalue weighted by Crippen LogP contribution is -2.18. The standard InChI is InChI=1S/C13H14F2N2O2/c1-3-5-9(4-2)16-12-7-6-10(17(18)19)8-11(12)13(14)15/h1,6-9,13,16H,4-5H2,2H3. The maximum atomic E-state index is 12.9. The van der Waals surface area contributed by atoms with Gasteiger partial charge in [-0.15, -0.1) is 12.3 Å². The number of nitrogens with one attached hydrogen (secondary N) is 1. The van der Waals surface area contributed by atoms with E-state index < -0.39 is 11.3 Å². The molecule has 4 nitrogen and oxygen atoms in total. The number of nitrogens with zero attached hydrogens (tertiary/aromatic N) is 1. The van der Waals surface area contributed by atoms with Gasteiger partial charge in [0.25, 0.3) is 12.1 Å². The zero-order chi connectivity index (χ0) is 14.4. The second-order valence-electron chi connectivity index (χ2n) is 3.99. The molecule has 0 aliphatic carbocycles. The Hall–Kier alpha value is -2.16. The van der Waals surface area contributed by atoms with Crippen LogP contribution < -0.4 is 5.32 Å². The van der Waals surface area contributed by atoms with E-state index >= 15 is 0 Å². The summed E-state index contributed by atoms with van der Waals surface area (Å²) in [5, 5.41) is 13.5. The molecule has 0 aliphatic heterocycles. The van der Waals surface area contributed by atoms with Gasteiger partial charge >= 0.3 is 0 Å². The number of anilines is 1. The summed E-state index contributed by atoms with van der Waals surface area (Å²) < 4.78 is 25.8. The van der Waals surface area contributed by atoms with E-state index in [0.717, 1.165) is 6.07 Å². The molecule has 0 saturated carbocycles. The van der Waals surface area contributed by atoms with E-state index in [0.29, 0.717) is 12.8 Å². The Kier molecular flexibility index (Phi) is 5.24. The maximum absolute atomic E-state index is 12.9. The average Bonchev–Trinajstić information content (AvgIpc) is 2.37. The highest BCUT2D eigenvalue weighted by Gasteiger charge is 2.19. The van der Waals surface area contributed by atoms with Gasteiger partial charge in [0.15, 0.2) is 0 Å². The first-order chi connectivity index (χ1) is 8.99. The van der Waals surface area contributed by atoms with Crippen LogP contribution in [0.25, 0.3) is 0 Å². The summed E-state index contributed by atoms with van der Waals surface area (Å²) in [6.07, 6.45) is 3.48. The van der Waals surface area contributed by atoms with Gasteiger partial charge in [0.2, 0.25) is 0 Å². The highest BCUT2D eigenvalue weighted by atomic mass is 19.3. The van der Waals surface area contributed by atoms with Crippen molar-refractivity contribution in [1.29, 1.82) is 0 Å². The van der Waals surface area contributed by atoms with Crippen LogP contribution >= 0.6 is 0 Å². The van der Waals surface area contributed by atoms with Gasteiger partial charge in [-0.1, -0.05) is 6.92 Å². The second-order valence-corrected chi connectivity index (χ2v) is 3.99. The van der Waals surface area contributed by atoms with Gasteiger partial charge in [0.05, 0.1) is 4.92 Å². The molecule has 0 spiro atoms. The Labute approximate surface area is 110 Å². The largest absolute Gasteiger partial charge is 0.381 e. The minimum Gasteiger partial charge on any atom is -0.381 e. The van der Waals surface area contributed by atoms with Gasteiger partial charge in [-0.2, -0.15) is 0 Å². The van der Waals surface area contributed by atoms with E-state index in [4.69, 9.17) is 6.42 Å². The van der Waals surface area contributed by atoms with E-state index in [2.05, 4.69) is 11.2 Å². The summed E-state index contributed by atoms with van der Waals surface area (Å²) in [5.41, 5.74) is -0.557. The van der Waals surface area contributed by atoms with Crippen LogP contribution in [0.1, 0.15) is 31.8 Å². The van der Waals surface area contributed by atoms with Crippen LogP contribution in [0.2, 0.25) is 0 Å². The summed E-state index contributed by atoms with van der Waals surface area (Å²) in [7, 11) is 0. The first-order valence-electron chi connectivity index (χ1n) is 5.76. The summed E-state index contributed by atoms with van der Waals surface area (Å²) in [6.45, 7) is 1.88. The predicted octanol–water partition coefficient (Wildman–Crippen LogP) is 3.75. The number of benzene rings is 1. The van der Waals surface area contributed by atoms with Crippen LogP contribution in [-0.4, -0.2) is 11.0 Å². The summed E-state index contributed by atoms with van der Waals surface area (Å²) in [4.78, 5) is 9.88. The quantitative estimate of drug-likeness (QED) is 0.485. The van der Waals surface area contributed by atoms with Crippen LogP contribution in [0.4, 0.5) is 20.2 Å². The number of terminal acetylenes is 1. The lowest BCUT2D eigenvalue weighted by molar-refractivity contribution is -0.385. The Balaban J connectivity index is 3.06. The molecule has 1 rings (SSSR count). The number of rotatable bonds is 6. The van der Waals surface area contributed by atoms with Gasteiger partial charge in [-0.05, 0) is 12.5 Å². The number of nitro groups is 1. The van der Waals surface area contributed by atoms with Crippen molar-refractivity contribution in [3.8, 4) is 12.3 Å². The van der Waals surface area contributed by atoms with Crippen molar-refractivity contribution in [3.63, 3.8) is 0 Å². The molecule has 0 amide bonds. The lowest BCUT2D eigenvalue weighted by Gasteiger charge is -2.18. The molecular formula is C13H14F2N2O2. The summed E-state index contributed by atoms with van der Waals surface area (Å²) in [6, 6.07) is 3.23. The topological polar surface area (TPSA) is 55.2 Å². The molecular weight excluding hydrogens is 254 g/mol. The fourth-order valence-corrected chi connectivity index (χ4v) is 1.64. The van der Waals surface area contributed by atoms with Gasteiger partial charge in [0, 0.05) is 35.8 Å². The number of halogens is 2. The van der Waals surface area contributed by atoms with E-state index in [-0.39, 0.29) is 23.0 Å². The number of hydrogen-bond donors (Lipinski definition) is 1. The van der Waals surface area contributed by atoms with Crippen molar-refractivity contribution in [2.24, 2.45) is 0 Å². The molecule has 1 atom stereocenters. The monoisotopic (exact) mass is 268 g/mol. The molecule has 0 fully saturated rings. The number of non-ortho nitro benzene ring substituents is 1. The molecule has 102 valence electrons. The highest BCUT2D eigenvalue weighted by molar-refractivity contribution is 5.57. The van der Waals surface area contributed by atoms with Crippen molar-refractivity contribution in [2.45, 2.75) is 32.2 Å². The molecule has 1 N–H and O–H groups in total. The fourth-order valence-electron chi connectivity index (χ4n) is 1.64. The van der Waals surface area contributed by atoms with E-state index in [9.17, 15) is 18.9 Å². The first-order valence-corrected chi connectivity index (χ1v) is 5.76. The molecule has 6 heteroatoms. The minimum absolute atomic E-state index is 0.135. The highest BCUT2D eigenvalue weighted by Crippen LogP contribution is 2.31. The third-order valence-corrected chi connectivity index (χ3v) is 2.70. The van der Waals surface area contributed by atoms with Gasteiger partial charge in [-0.3, -0.25) is 10.1 Å². The summed E-state index contributed by atoms with van der Waals surface area (Å²) in [5.74, 6) is 2.46. The van der Waals surface area contributed by atoms with Gasteiger partial charge in [-0.25, -0.2) is 8.78 Å². The molecule has 0 radical (unpaired) electrons. The normalized spacial score (nSPS) is 11.9. The molecule has 19 heavy (non-hydrogen) atoms. The second kappa shape index (κ2) is 6.69. The molecule has 1 aromatic rings. The van der Waals surface area contributed by atoms with Crippen LogP contribution in [0.15, 0.2) is 18.2 Å². The Morgan fingerprint density at radius 2 is 2.21 bits per heavy atom. The lowest BCUT2D eigenvalue weighted by atomic mass is 10.1. The molecule has 0 saturated heterocycles. The van der Waals surface area contributed by atoms with Gasteiger partial charge in [0.1, 0.15) is 0 Å². The van der Waals surface area contributed by atoms with Crippen molar-refractivity contribution in [1.82, 2.24) is 0 Å². The number of hydrogen-bond acceptors (Lipinski definition) is 3. The van der Waals surface area contributed by atoms with E-state index in [1.54, 1.807) is 0 Å². The van der Waals surface area contributed by atoms with E-state index in [1.165, 1.54) is 12.1 Å². The maximum Gasteiger partial charge on any atom is 0.270 e. The smallest absolute Gasteiger partial charge is 0.270 e. The zero-order valence-corrected chi connectivity index (χ0v) is 10.4. The molecule has 1 unspecified atom stereocenters. The fraction of sp³-hybridized carbons (Fsp3) is 0.385. The predicted molar refractivity (Wildman–Crippen MR) is 69.2 cm³/mol. The Morgan fingerprint density at radius 3 is 2.68 bits per heavy atom. The van der Waals surface area contributed by atoms with Crippen molar-refractivity contribution in [3.05, 3.63) is 33.9 Å². The molecule has 0 heterocycles. The third-order valence-electron chi connectivity index (χ3n) is 2.70. The average molecular weight is 268 g/mol. The van der Waals surface area contributed by atoms with Crippen LogP contribution in [0.3, 0.4) is 0 Å². The molecule has 0 aliphatic rings. The van der Waals surface area contributed by atoms with Crippen LogP contribution in [0, 0.1) is 22.5 Å². The van der Waals surface area contributed by atoms with Crippen LogP contribution in [0.5, 0.6) is 0 Å². The van der Waals surface area contributed by atoms with Gasteiger partial charge < -0.3 is 5.32 Å².